The average Bonchev–Trinajstić information content (AvgIpc) is 3.34. The molecule has 1 unspecified atom stereocenters. The standard InChI is InChI=1S/C27H27NO5/c1-15(2)19-14-20(16(3)13-22(19)32-5)25(29)23-24(21-12-11-17(4)33-21)28(27(31)26(23)30)18-9-7-6-8-10-18/h6-15,24,29H,1-5H3/b25-23+. The summed E-state index contributed by atoms with van der Waals surface area (Å²) in [6.45, 7) is 7.68. The van der Waals surface area contributed by atoms with Gasteiger partial charge in [-0.3, -0.25) is 14.5 Å². The Labute approximate surface area is 193 Å². The number of carbonyl (C=O) groups is 2. The molecule has 1 fully saturated rings. The van der Waals surface area contributed by atoms with Crippen molar-refractivity contribution in [2.75, 3.05) is 12.0 Å². The summed E-state index contributed by atoms with van der Waals surface area (Å²) in [5.41, 5.74) is 2.66. The maximum absolute atomic E-state index is 13.3. The molecule has 1 atom stereocenters. The first-order chi connectivity index (χ1) is 15.7. The van der Waals surface area contributed by atoms with Crippen LogP contribution >= 0.6 is 0 Å². The molecule has 3 aromatic rings. The zero-order chi connectivity index (χ0) is 23.9. The summed E-state index contributed by atoms with van der Waals surface area (Å²) in [4.78, 5) is 27.8. The average molecular weight is 446 g/mol. The highest BCUT2D eigenvalue weighted by atomic mass is 16.5. The zero-order valence-electron chi connectivity index (χ0n) is 19.4. The summed E-state index contributed by atoms with van der Waals surface area (Å²) < 4.78 is 11.4. The van der Waals surface area contributed by atoms with Crippen molar-refractivity contribution in [1.29, 1.82) is 0 Å². The van der Waals surface area contributed by atoms with Crippen LogP contribution in [0.3, 0.4) is 0 Å². The van der Waals surface area contributed by atoms with Crippen molar-refractivity contribution >= 4 is 23.1 Å². The van der Waals surface area contributed by atoms with Gasteiger partial charge in [0.15, 0.2) is 0 Å². The van der Waals surface area contributed by atoms with Gasteiger partial charge in [-0.25, -0.2) is 0 Å². The number of aryl methyl sites for hydroxylation is 2. The lowest BCUT2D eigenvalue weighted by Gasteiger charge is -2.23. The molecule has 1 aliphatic heterocycles. The number of para-hydroxylation sites is 1. The van der Waals surface area contributed by atoms with Crippen molar-refractivity contribution in [2.45, 2.75) is 39.7 Å². The number of aliphatic hydroxyl groups excluding tert-OH is 1. The fourth-order valence-corrected chi connectivity index (χ4v) is 4.28. The Balaban J connectivity index is 1.97. The Morgan fingerprint density at radius 1 is 1.06 bits per heavy atom. The highest BCUT2D eigenvalue weighted by molar-refractivity contribution is 6.51. The second-order valence-electron chi connectivity index (χ2n) is 8.52. The number of amides is 1. The van der Waals surface area contributed by atoms with Crippen LogP contribution in [0.1, 0.15) is 54.0 Å². The number of Topliss-reactive ketones (excluding diaryl/α,β-unsaturated/α-hetero) is 1. The number of hydrogen-bond donors (Lipinski definition) is 1. The van der Waals surface area contributed by atoms with Crippen LogP contribution in [0.25, 0.3) is 5.76 Å². The SMILES string of the molecule is COc1cc(C)c(/C(O)=C2\C(=O)C(=O)N(c3ccccc3)C2c2ccc(C)o2)cc1C(C)C. The second kappa shape index (κ2) is 8.62. The number of aliphatic hydroxyl groups is 1. The number of nitrogens with zero attached hydrogens (tertiary/aromatic N) is 1. The van der Waals surface area contributed by atoms with Crippen LogP contribution in [0.15, 0.2) is 64.6 Å². The van der Waals surface area contributed by atoms with E-state index in [1.165, 1.54) is 4.90 Å². The van der Waals surface area contributed by atoms with Crippen LogP contribution in [0.2, 0.25) is 0 Å². The number of ether oxygens (including phenoxy) is 1. The van der Waals surface area contributed by atoms with Crippen molar-refractivity contribution in [2.24, 2.45) is 0 Å². The fraction of sp³-hybridized carbons (Fsp3) is 0.259. The molecule has 1 aliphatic rings. The molecule has 1 amide bonds. The van der Waals surface area contributed by atoms with E-state index in [-0.39, 0.29) is 17.3 Å². The number of hydrogen-bond acceptors (Lipinski definition) is 5. The summed E-state index contributed by atoms with van der Waals surface area (Å²) >= 11 is 0. The van der Waals surface area contributed by atoms with Gasteiger partial charge in [-0.05, 0) is 67.3 Å². The van der Waals surface area contributed by atoms with Crippen LogP contribution in [0.5, 0.6) is 5.75 Å². The lowest BCUT2D eigenvalue weighted by Crippen LogP contribution is -2.29. The van der Waals surface area contributed by atoms with Crippen LogP contribution < -0.4 is 9.64 Å². The minimum Gasteiger partial charge on any atom is -0.507 e. The molecule has 1 N–H and O–H groups in total. The molecule has 0 bridgehead atoms. The highest BCUT2D eigenvalue weighted by Crippen LogP contribution is 2.43. The Kier molecular flexibility index (Phi) is 5.85. The first kappa shape index (κ1) is 22.4. The van der Waals surface area contributed by atoms with Crippen molar-refractivity contribution in [3.63, 3.8) is 0 Å². The van der Waals surface area contributed by atoms with Crippen LogP contribution in [-0.4, -0.2) is 23.9 Å². The largest absolute Gasteiger partial charge is 0.507 e. The molecular formula is C27H27NO5. The maximum atomic E-state index is 13.3. The third-order valence-electron chi connectivity index (χ3n) is 5.96. The molecule has 0 saturated carbocycles. The minimum atomic E-state index is -0.884. The van der Waals surface area contributed by atoms with Crippen molar-refractivity contribution in [1.82, 2.24) is 0 Å². The first-order valence-electron chi connectivity index (χ1n) is 10.9. The molecule has 1 aromatic heterocycles. The van der Waals surface area contributed by atoms with E-state index in [1.54, 1.807) is 50.4 Å². The monoisotopic (exact) mass is 445 g/mol. The Hall–Kier alpha value is -3.80. The lowest BCUT2D eigenvalue weighted by molar-refractivity contribution is -0.132. The molecular weight excluding hydrogens is 418 g/mol. The van der Waals surface area contributed by atoms with Crippen molar-refractivity contribution in [3.8, 4) is 5.75 Å². The minimum absolute atomic E-state index is 0.00109. The number of carbonyl (C=O) groups excluding carboxylic acids is 2. The van der Waals surface area contributed by atoms with Crippen LogP contribution in [0.4, 0.5) is 5.69 Å². The molecule has 0 radical (unpaired) electrons. The second-order valence-corrected chi connectivity index (χ2v) is 8.52. The Morgan fingerprint density at radius 3 is 2.33 bits per heavy atom. The van der Waals surface area contributed by atoms with Crippen LogP contribution in [-0.2, 0) is 9.59 Å². The molecule has 2 heterocycles. The van der Waals surface area contributed by atoms with Gasteiger partial charge >= 0.3 is 0 Å². The number of methoxy groups -OCH3 is 1. The van der Waals surface area contributed by atoms with Crippen molar-refractivity contribution < 1.29 is 23.8 Å². The normalized spacial score (nSPS) is 17.8. The molecule has 4 rings (SSSR count). The predicted octanol–water partition coefficient (Wildman–Crippen LogP) is 5.65. The molecule has 0 aliphatic carbocycles. The van der Waals surface area contributed by atoms with Gasteiger partial charge in [-0.2, -0.15) is 0 Å². The molecule has 6 nitrogen and oxygen atoms in total. The number of furan rings is 1. The topological polar surface area (TPSA) is 80.0 Å². The molecule has 2 aromatic carbocycles. The van der Waals surface area contributed by atoms with E-state index in [0.29, 0.717) is 28.5 Å². The molecule has 1 saturated heterocycles. The first-order valence-corrected chi connectivity index (χ1v) is 10.9. The summed E-state index contributed by atoms with van der Waals surface area (Å²) in [6, 6.07) is 15.2. The smallest absolute Gasteiger partial charge is 0.300 e. The van der Waals surface area contributed by atoms with E-state index >= 15 is 0 Å². The van der Waals surface area contributed by atoms with Gasteiger partial charge in [-0.15, -0.1) is 0 Å². The summed E-state index contributed by atoms with van der Waals surface area (Å²) in [5, 5.41) is 11.5. The fourth-order valence-electron chi connectivity index (χ4n) is 4.28. The Bertz CT molecular complexity index is 1250. The third kappa shape index (κ3) is 3.82. The van der Waals surface area contributed by atoms with Crippen molar-refractivity contribution in [3.05, 3.63) is 88.4 Å². The van der Waals surface area contributed by atoms with E-state index in [9.17, 15) is 14.7 Å². The summed E-state index contributed by atoms with van der Waals surface area (Å²) in [7, 11) is 1.60. The maximum Gasteiger partial charge on any atom is 0.300 e. The number of benzene rings is 2. The van der Waals surface area contributed by atoms with Gasteiger partial charge in [0.2, 0.25) is 0 Å². The highest BCUT2D eigenvalue weighted by Gasteiger charge is 2.48. The van der Waals surface area contributed by atoms with E-state index in [2.05, 4.69) is 0 Å². The van der Waals surface area contributed by atoms with Gasteiger partial charge in [0.1, 0.15) is 29.1 Å². The summed E-state index contributed by atoms with van der Waals surface area (Å²) in [5.74, 6) is 0.199. The molecule has 33 heavy (non-hydrogen) atoms. The van der Waals surface area contributed by atoms with E-state index in [0.717, 1.165) is 11.1 Å². The zero-order valence-corrected chi connectivity index (χ0v) is 19.4. The third-order valence-corrected chi connectivity index (χ3v) is 5.96. The lowest BCUT2D eigenvalue weighted by atomic mass is 9.92. The predicted molar refractivity (Wildman–Crippen MR) is 126 cm³/mol. The van der Waals surface area contributed by atoms with Gasteiger partial charge < -0.3 is 14.3 Å². The van der Waals surface area contributed by atoms with E-state index in [4.69, 9.17) is 9.15 Å². The van der Waals surface area contributed by atoms with Gasteiger partial charge in [0.25, 0.3) is 11.7 Å². The molecule has 170 valence electrons. The van der Waals surface area contributed by atoms with Crippen LogP contribution in [0, 0.1) is 13.8 Å². The number of anilines is 1. The molecule has 6 heteroatoms. The van der Waals surface area contributed by atoms with Gasteiger partial charge in [-0.1, -0.05) is 32.0 Å². The van der Waals surface area contributed by atoms with Gasteiger partial charge in [0, 0.05) is 11.3 Å². The summed E-state index contributed by atoms with van der Waals surface area (Å²) in [6.07, 6.45) is 0. The van der Waals surface area contributed by atoms with Gasteiger partial charge in [0.05, 0.1) is 12.7 Å². The Morgan fingerprint density at radius 2 is 1.76 bits per heavy atom. The number of ketones is 1. The quantitative estimate of drug-likeness (QED) is 0.312. The molecule has 0 spiro atoms. The number of rotatable bonds is 5. The van der Waals surface area contributed by atoms with E-state index in [1.807, 2.05) is 39.0 Å². The van der Waals surface area contributed by atoms with E-state index < -0.39 is 17.7 Å².